The molecule has 0 aromatic rings. The van der Waals surface area contributed by atoms with Crippen molar-refractivity contribution in [1.29, 1.82) is 0 Å². The van der Waals surface area contributed by atoms with Crippen molar-refractivity contribution in [2.24, 2.45) is 17.8 Å². The Morgan fingerprint density at radius 1 is 1.35 bits per heavy atom. The van der Waals surface area contributed by atoms with Crippen LogP contribution in [0.5, 0.6) is 0 Å². The Bertz CT molecular complexity index is 458. The average molecular weight is 323 g/mol. The van der Waals surface area contributed by atoms with Gasteiger partial charge in [-0.05, 0) is 31.1 Å². The summed E-state index contributed by atoms with van der Waals surface area (Å²) in [6.45, 7) is 5.76. The summed E-state index contributed by atoms with van der Waals surface area (Å²) in [4.78, 5) is 35.5. The van der Waals surface area contributed by atoms with Gasteiger partial charge in [-0.15, -0.1) is 0 Å². The number of ketones is 1. The highest BCUT2D eigenvalue weighted by Gasteiger charge is 2.35. The van der Waals surface area contributed by atoms with E-state index in [2.05, 4.69) is 5.32 Å². The summed E-state index contributed by atoms with van der Waals surface area (Å²) >= 11 is 0. The largest absolute Gasteiger partial charge is 0.480 e. The van der Waals surface area contributed by atoms with E-state index < -0.39 is 12.0 Å². The molecule has 1 saturated carbocycles. The quantitative estimate of drug-likeness (QED) is 0.639. The molecule has 0 saturated heterocycles. The smallest absolute Gasteiger partial charge is 0.326 e. The third kappa shape index (κ3) is 5.81. The zero-order valence-corrected chi connectivity index (χ0v) is 14.4. The van der Waals surface area contributed by atoms with Gasteiger partial charge in [-0.25, -0.2) is 4.79 Å². The number of aliphatic carboxylic acids is 1. The molecule has 0 aliphatic heterocycles. The van der Waals surface area contributed by atoms with E-state index in [4.69, 9.17) is 0 Å². The molecule has 2 N–H and O–H groups in total. The summed E-state index contributed by atoms with van der Waals surface area (Å²) in [5.41, 5.74) is 0. The highest BCUT2D eigenvalue weighted by Crippen LogP contribution is 2.34. The van der Waals surface area contributed by atoms with Crippen LogP contribution < -0.4 is 5.32 Å². The lowest BCUT2D eigenvalue weighted by Gasteiger charge is -2.22. The minimum Gasteiger partial charge on any atom is -0.480 e. The van der Waals surface area contributed by atoms with Crippen LogP contribution in [0.1, 0.15) is 59.3 Å². The minimum atomic E-state index is -1.00. The van der Waals surface area contributed by atoms with Crippen molar-refractivity contribution >= 4 is 17.7 Å². The number of amides is 1. The van der Waals surface area contributed by atoms with E-state index >= 15 is 0 Å². The van der Waals surface area contributed by atoms with E-state index in [-0.39, 0.29) is 35.9 Å². The Morgan fingerprint density at radius 2 is 2.04 bits per heavy atom. The van der Waals surface area contributed by atoms with Crippen LogP contribution in [0.3, 0.4) is 0 Å². The average Bonchev–Trinajstić information content (AvgIpc) is 2.84. The molecule has 5 heteroatoms. The van der Waals surface area contributed by atoms with Crippen LogP contribution in [0.2, 0.25) is 0 Å². The lowest BCUT2D eigenvalue weighted by Crippen LogP contribution is -2.45. The fourth-order valence-electron chi connectivity index (χ4n) is 3.11. The Kier molecular flexibility index (Phi) is 8.00. The normalized spacial score (nSPS) is 23.9. The standard InChI is InChI=1S/C18H29NO4/c1-4-6-7-8-14-13(9-10-15(14)20)11-16(21)19-17(18(22)23)12(3)5-2/h6-7,12-14,17H,4-5,8-11H2,1-3H3,(H,19,21)(H,22,23)/b7-6-/t12-,13+,14-,17-/m0/s1. The zero-order valence-electron chi connectivity index (χ0n) is 14.4. The summed E-state index contributed by atoms with van der Waals surface area (Å²) in [6, 6.07) is -0.858. The van der Waals surface area contributed by atoms with Gasteiger partial charge < -0.3 is 10.4 Å². The van der Waals surface area contributed by atoms with Gasteiger partial charge in [0.1, 0.15) is 11.8 Å². The van der Waals surface area contributed by atoms with Crippen molar-refractivity contribution in [2.45, 2.75) is 65.3 Å². The molecule has 1 aliphatic carbocycles. The first kappa shape index (κ1) is 19.4. The van der Waals surface area contributed by atoms with Gasteiger partial charge in [-0.3, -0.25) is 9.59 Å². The van der Waals surface area contributed by atoms with E-state index in [0.717, 1.165) is 12.8 Å². The first-order chi connectivity index (χ1) is 10.9. The molecule has 1 amide bonds. The predicted octanol–water partition coefficient (Wildman–Crippen LogP) is 2.94. The summed E-state index contributed by atoms with van der Waals surface area (Å²) in [5, 5.41) is 11.9. The maximum absolute atomic E-state index is 12.2. The van der Waals surface area contributed by atoms with Gasteiger partial charge in [-0.2, -0.15) is 0 Å². The lowest BCUT2D eigenvalue weighted by molar-refractivity contribution is -0.143. The molecular weight excluding hydrogens is 294 g/mol. The molecule has 1 rings (SSSR count). The number of carbonyl (C=O) groups excluding carboxylic acids is 2. The monoisotopic (exact) mass is 323 g/mol. The molecule has 4 atom stereocenters. The van der Waals surface area contributed by atoms with Gasteiger partial charge in [0.05, 0.1) is 0 Å². The Hall–Kier alpha value is -1.65. The molecular formula is C18H29NO4. The third-order valence-corrected chi connectivity index (χ3v) is 4.78. The number of hydrogen-bond acceptors (Lipinski definition) is 3. The molecule has 1 fully saturated rings. The van der Waals surface area contributed by atoms with Crippen LogP contribution in [0, 0.1) is 17.8 Å². The van der Waals surface area contributed by atoms with Crippen LogP contribution in [0.15, 0.2) is 12.2 Å². The van der Waals surface area contributed by atoms with E-state index in [1.54, 1.807) is 0 Å². The number of carboxylic acid groups (broad SMARTS) is 1. The highest BCUT2D eigenvalue weighted by molar-refractivity contribution is 5.87. The molecule has 0 aromatic heterocycles. The molecule has 0 spiro atoms. The summed E-state index contributed by atoms with van der Waals surface area (Å²) in [7, 11) is 0. The van der Waals surface area contributed by atoms with Gasteiger partial charge in [0, 0.05) is 18.8 Å². The van der Waals surface area contributed by atoms with Crippen molar-refractivity contribution in [2.75, 3.05) is 0 Å². The number of carbonyl (C=O) groups is 3. The maximum atomic E-state index is 12.2. The van der Waals surface area contributed by atoms with Gasteiger partial charge in [-0.1, -0.05) is 39.3 Å². The first-order valence-electron chi connectivity index (χ1n) is 8.60. The topological polar surface area (TPSA) is 83.5 Å². The molecule has 23 heavy (non-hydrogen) atoms. The Balaban J connectivity index is 2.62. The fraction of sp³-hybridized carbons (Fsp3) is 0.722. The lowest BCUT2D eigenvalue weighted by atomic mass is 9.89. The van der Waals surface area contributed by atoms with Crippen molar-refractivity contribution in [3.63, 3.8) is 0 Å². The highest BCUT2D eigenvalue weighted by atomic mass is 16.4. The van der Waals surface area contributed by atoms with E-state index in [1.165, 1.54) is 0 Å². The molecule has 0 radical (unpaired) electrons. The van der Waals surface area contributed by atoms with E-state index in [0.29, 0.717) is 19.3 Å². The summed E-state index contributed by atoms with van der Waals surface area (Å²) < 4.78 is 0. The first-order valence-corrected chi connectivity index (χ1v) is 8.60. The number of carboxylic acids is 1. The van der Waals surface area contributed by atoms with Crippen molar-refractivity contribution in [3.8, 4) is 0 Å². The molecule has 5 nitrogen and oxygen atoms in total. The van der Waals surface area contributed by atoms with Gasteiger partial charge in [0.25, 0.3) is 0 Å². The number of hydrogen-bond donors (Lipinski definition) is 2. The van der Waals surface area contributed by atoms with Gasteiger partial charge in [0.2, 0.25) is 5.91 Å². The van der Waals surface area contributed by atoms with Crippen LogP contribution in [-0.4, -0.2) is 28.8 Å². The third-order valence-electron chi connectivity index (χ3n) is 4.78. The molecule has 0 heterocycles. The Morgan fingerprint density at radius 3 is 2.61 bits per heavy atom. The van der Waals surface area contributed by atoms with Crippen LogP contribution >= 0.6 is 0 Å². The molecule has 0 bridgehead atoms. The number of rotatable bonds is 9. The van der Waals surface area contributed by atoms with E-state index in [9.17, 15) is 19.5 Å². The fourth-order valence-corrected chi connectivity index (χ4v) is 3.11. The van der Waals surface area contributed by atoms with E-state index in [1.807, 2.05) is 32.9 Å². The zero-order chi connectivity index (χ0) is 17.4. The maximum Gasteiger partial charge on any atom is 0.326 e. The van der Waals surface area contributed by atoms with Crippen LogP contribution in [0.25, 0.3) is 0 Å². The SMILES string of the molecule is CC/C=C\C[C@@H]1C(=O)CC[C@@H]1CC(=O)N[C@H](C(=O)O)[C@@H](C)CC. The number of nitrogens with one attached hydrogen (secondary N) is 1. The predicted molar refractivity (Wildman–Crippen MR) is 88.9 cm³/mol. The van der Waals surface area contributed by atoms with Gasteiger partial charge in [0.15, 0.2) is 0 Å². The van der Waals surface area contributed by atoms with Crippen LogP contribution in [-0.2, 0) is 14.4 Å². The second kappa shape index (κ2) is 9.48. The summed E-state index contributed by atoms with van der Waals surface area (Å²) in [6.07, 6.45) is 7.82. The van der Waals surface area contributed by atoms with Crippen molar-refractivity contribution in [1.82, 2.24) is 5.32 Å². The van der Waals surface area contributed by atoms with Crippen molar-refractivity contribution < 1.29 is 19.5 Å². The Labute approximate surface area is 138 Å². The van der Waals surface area contributed by atoms with Crippen molar-refractivity contribution in [3.05, 3.63) is 12.2 Å². The van der Waals surface area contributed by atoms with Gasteiger partial charge >= 0.3 is 5.97 Å². The molecule has 1 aliphatic rings. The van der Waals surface area contributed by atoms with Crippen LogP contribution in [0.4, 0.5) is 0 Å². The number of Topliss-reactive ketones (excluding diaryl/α,β-unsaturated/α-hetero) is 1. The second-order valence-corrected chi connectivity index (χ2v) is 6.46. The molecule has 0 unspecified atom stereocenters. The minimum absolute atomic E-state index is 0.0235. The molecule has 0 aromatic carbocycles. The second-order valence-electron chi connectivity index (χ2n) is 6.46. The summed E-state index contributed by atoms with van der Waals surface area (Å²) in [5.74, 6) is -1.24. The molecule has 130 valence electrons. The number of allylic oxidation sites excluding steroid dienone is 2.